The Morgan fingerprint density at radius 1 is 0.923 bits per heavy atom. The highest BCUT2D eigenvalue weighted by Gasteiger charge is 2.02. The lowest BCUT2D eigenvalue weighted by atomic mass is 10.0. The van der Waals surface area contributed by atoms with Crippen LogP contribution in [0.5, 0.6) is 0 Å². The van der Waals surface area contributed by atoms with E-state index in [1.807, 2.05) is 0 Å². The van der Waals surface area contributed by atoms with Crippen LogP contribution in [0.1, 0.15) is 58.3 Å². The molecule has 0 aromatic heterocycles. The molecule has 0 aromatic carbocycles. The molecule has 2 N–H and O–H groups in total. The number of hydrogen-bond donors (Lipinski definition) is 2. The largest absolute Gasteiger partial charge is 0.396 e. The summed E-state index contributed by atoms with van der Waals surface area (Å²) in [6.07, 6.45) is 8.35. The number of aliphatic hydroxyl groups is 2. The van der Waals surface area contributed by atoms with Gasteiger partial charge in [0.25, 0.3) is 0 Å². The Hall–Kier alpha value is -0.0800. The summed E-state index contributed by atoms with van der Waals surface area (Å²) >= 11 is 0. The predicted molar refractivity (Wildman–Crippen MR) is 55.7 cm³/mol. The molecule has 2 heteroatoms. The van der Waals surface area contributed by atoms with Gasteiger partial charge in [0.2, 0.25) is 0 Å². The SMILES string of the molecule is CCCCCCC(O)CCCCO. The molecule has 80 valence electrons. The first-order chi connectivity index (χ1) is 6.31. The second-order valence-electron chi connectivity index (χ2n) is 3.72. The van der Waals surface area contributed by atoms with E-state index < -0.39 is 0 Å². The normalized spacial score (nSPS) is 13.2. The molecule has 0 radical (unpaired) electrons. The van der Waals surface area contributed by atoms with Gasteiger partial charge in [-0.05, 0) is 25.7 Å². The fourth-order valence-corrected chi connectivity index (χ4v) is 1.44. The zero-order chi connectivity index (χ0) is 9.94. The van der Waals surface area contributed by atoms with Gasteiger partial charge in [-0.2, -0.15) is 0 Å². The molecule has 0 aliphatic carbocycles. The van der Waals surface area contributed by atoms with Crippen molar-refractivity contribution in [3.05, 3.63) is 0 Å². The summed E-state index contributed by atoms with van der Waals surface area (Å²) in [5, 5.41) is 18.0. The summed E-state index contributed by atoms with van der Waals surface area (Å²) in [7, 11) is 0. The minimum absolute atomic E-state index is 0.136. The Morgan fingerprint density at radius 2 is 1.54 bits per heavy atom. The second kappa shape index (κ2) is 10.0. The van der Waals surface area contributed by atoms with Crippen molar-refractivity contribution in [2.24, 2.45) is 0 Å². The van der Waals surface area contributed by atoms with Gasteiger partial charge in [-0.25, -0.2) is 0 Å². The summed E-state index contributed by atoms with van der Waals surface area (Å²) in [6, 6.07) is 0. The van der Waals surface area contributed by atoms with Gasteiger partial charge in [0.1, 0.15) is 0 Å². The van der Waals surface area contributed by atoms with Gasteiger partial charge in [-0.3, -0.25) is 0 Å². The van der Waals surface area contributed by atoms with Crippen LogP contribution in [-0.4, -0.2) is 22.9 Å². The molecule has 0 aliphatic heterocycles. The fraction of sp³-hybridized carbons (Fsp3) is 1.00. The predicted octanol–water partition coefficient (Wildman–Crippen LogP) is 2.48. The molecule has 0 fully saturated rings. The van der Waals surface area contributed by atoms with Crippen molar-refractivity contribution < 1.29 is 10.2 Å². The summed E-state index contributed by atoms with van der Waals surface area (Å²) in [4.78, 5) is 0. The monoisotopic (exact) mass is 188 g/mol. The third-order valence-corrected chi connectivity index (χ3v) is 2.34. The molecule has 0 saturated carbocycles. The minimum Gasteiger partial charge on any atom is -0.396 e. The zero-order valence-corrected chi connectivity index (χ0v) is 8.84. The van der Waals surface area contributed by atoms with Crippen LogP contribution in [-0.2, 0) is 0 Å². The van der Waals surface area contributed by atoms with Crippen LogP contribution < -0.4 is 0 Å². The third kappa shape index (κ3) is 9.84. The molecular weight excluding hydrogens is 164 g/mol. The van der Waals surface area contributed by atoms with E-state index in [0.29, 0.717) is 0 Å². The molecule has 13 heavy (non-hydrogen) atoms. The van der Waals surface area contributed by atoms with Crippen molar-refractivity contribution in [1.82, 2.24) is 0 Å². The van der Waals surface area contributed by atoms with Gasteiger partial charge in [-0.15, -0.1) is 0 Å². The van der Waals surface area contributed by atoms with E-state index in [1.54, 1.807) is 0 Å². The van der Waals surface area contributed by atoms with E-state index in [2.05, 4.69) is 6.92 Å². The first-order valence-electron chi connectivity index (χ1n) is 5.60. The smallest absolute Gasteiger partial charge is 0.0540 e. The standard InChI is InChI=1S/C11H24O2/c1-2-3-4-5-8-11(13)9-6-7-10-12/h11-13H,2-10H2,1H3. The molecule has 0 saturated heterocycles. The Morgan fingerprint density at radius 3 is 2.08 bits per heavy atom. The number of rotatable bonds is 9. The maximum absolute atomic E-state index is 9.49. The molecule has 1 unspecified atom stereocenters. The molecule has 0 bridgehead atoms. The van der Waals surface area contributed by atoms with Crippen molar-refractivity contribution in [3.63, 3.8) is 0 Å². The van der Waals surface area contributed by atoms with Gasteiger partial charge < -0.3 is 10.2 Å². The van der Waals surface area contributed by atoms with Crippen LogP contribution >= 0.6 is 0 Å². The molecule has 1 atom stereocenters. The highest BCUT2D eigenvalue weighted by molar-refractivity contribution is 4.56. The third-order valence-electron chi connectivity index (χ3n) is 2.34. The Balaban J connectivity index is 3.05. The van der Waals surface area contributed by atoms with Crippen molar-refractivity contribution in [2.45, 2.75) is 64.4 Å². The molecule has 0 heterocycles. The highest BCUT2D eigenvalue weighted by Crippen LogP contribution is 2.10. The van der Waals surface area contributed by atoms with Gasteiger partial charge in [0.15, 0.2) is 0 Å². The second-order valence-corrected chi connectivity index (χ2v) is 3.72. The first kappa shape index (κ1) is 12.9. The van der Waals surface area contributed by atoms with Crippen LogP contribution in [0.25, 0.3) is 0 Å². The average molecular weight is 188 g/mol. The summed E-state index contributed by atoms with van der Waals surface area (Å²) in [6.45, 7) is 2.44. The van der Waals surface area contributed by atoms with E-state index in [4.69, 9.17) is 5.11 Å². The van der Waals surface area contributed by atoms with E-state index >= 15 is 0 Å². The van der Waals surface area contributed by atoms with Crippen molar-refractivity contribution >= 4 is 0 Å². The number of hydrogen-bond acceptors (Lipinski definition) is 2. The fourth-order valence-electron chi connectivity index (χ4n) is 1.44. The van der Waals surface area contributed by atoms with Crippen molar-refractivity contribution in [2.75, 3.05) is 6.61 Å². The van der Waals surface area contributed by atoms with Crippen LogP contribution in [0.15, 0.2) is 0 Å². The van der Waals surface area contributed by atoms with E-state index in [1.165, 1.54) is 19.3 Å². The van der Waals surface area contributed by atoms with Crippen LogP contribution in [0.4, 0.5) is 0 Å². The van der Waals surface area contributed by atoms with Gasteiger partial charge >= 0.3 is 0 Å². The van der Waals surface area contributed by atoms with E-state index in [9.17, 15) is 5.11 Å². The van der Waals surface area contributed by atoms with Crippen molar-refractivity contribution in [1.29, 1.82) is 0 Å². The molecule has 0 spiro atoms. The minimum atomic E-state index is -0.136. The van der Waals surface area contributed by atoms with Gasteiger partial charge in [-0.1, -0.05) is 32.6 Å². The van der Waals surface area contributed by atoms with Crippen molar-refractivity contribution in [3.8, 4) is 0 Å². The lowest BCUT2D eigenvalue weighted by molar-refractivity contribution is 0.144. The lowest BCUT2D eigenvalue weighted by Gasteiger charge is -2.09. The van der Waals surface area contributed by atoms with Gasteiger partial charge in [0.05, 0.1) is 6.10 Å². The number of aliphatic hydroxyl groups excluding tert-OH is 2. The first-order valence-corrected chi connectivity index (χ1v) is 5.60. The summed E-state index contributed by atoms with van der Waals surface area (Å²) < 4.78 is 0. The highest BCUT2D eigenvalue weighted by atomic mass is 16.3. The van der Waals surface area contributed by atoms with Gasteiger partial charge in [0, 0.05) is 6.61 Å². The average Bonchev–Trinajstić information content (AvgIpc) is 2.13. The summed E-state index contributed by atoms with van der Waals surface area (Å²) in [5.74, 6) is 0. The molecule has 0 amide bonds. The van der Waals surface area contributed by atoms with Crippen LogP contribution in [0.2, 0.25) is 0 Å². The Labute approximate surface area is 82.0 Å². The zero-order valence-electron chi connectivity index (χ0n) is 8.84. The topological polar surface area (TPSA) is 40.5 Å². The van der Waals surface area contributed by atoms with Crippen LogP contribution in [0.3, 0.4) is 0 Å². The number of unbranched alkanes of at least 4 members (excludes halogenated alkanes) is 4. The lowest BCUT2D eigenvalue weighted by Crippen LogP contribution is -2.06. The molecular formula is C11H24O2. The Bertz CT molecular complexity index is 94.1. The molecule has 0 rings (SSSR count). The van der Waals surface area contributed by atoms with E-state index in [-0.39, 0.29) is 12.7 Å². The quantitative estimate of drug-likeness (QED) is 0.546. The maximum Gasteiger partial charge on any atom is 0.0540 e. The summed E-state index contributed by atoms with van der Waals surface area (Å²) in [5.41, 5.74) is 0. The molecule has 0 aromatic rings. The Kier molecular flexibility index (Phi) is 9.94. The molecule has 2 nitrogen and oxygen atoms in total. The van der Waals surface area contributed by atoms with Crippen LogP contribution in [0, 0.1) is 0 Å². The maximum atomic E-state index is 9.49. The van der Waals surface area contributed by atoms with E-state index in [0.717, 1.165) is 32.1 Å². The molecule has 0 aliphatic rings.